The van der Waals surface area contributed by atoms with Crippen molar-refractivity contribution in [3.05, 3.63) is 29.8 Å². The van der Waals surface area contributed by atoms with Gasteiger partial charge in [-0.15, -0.1) is 0 Å². The van der Waals surface area contributed by atoms with Gasteiger partial charge in [-0.3, -0.25) is 14.4 Å². The molecule has 0 spiro atoms. The third kappa shape index (κ3) is 5.13. The molecule has 1 aromatic carbocycles. The van der Waals surface area contributed by atoms with Crippen molar-refractivity contribution in [2.75, 3.05) is 33.2 Å². The monoisotopic (exact) mass is 424 g/mol. The Morgan fingerprint density at radius 2 is 1.76 bits per heavy atom. The Balaban J connectivity index is 1.99. The number of likely N-dealkylation sites (tertiary alicyclic amines) is 1. The average molecular weight is 425 g/mol. The first-order valence-electron chi connectivity index (χ1n) is 9.65. The standard InChI is InChI=1S/C19H28N4O5S/c1-4-22(5-2)29(27,28)15-10-8-14(9-11-15)18(25)21-13-17(24)23-12-6-7-16(23)19(26)20-3/h8-11,16H,4-7,12-13H2,1-3H3,(H,20,26)(H,21,25). The van der Waals surface area contributed by atoms with Gasteiger partial charge in [0.1, 0.15) is 6.04 Å². The first-order valence-corrected chi connectivity index (χ1v) is 11.1. The predicted molar refractivity (Wildman–Crippen MR) is 108 cm³/mol. The number of hydrogen-bond donors (Lipinski definition) is 2. The van der Waals surface area contributed by atoms with Gasteiger partial charge in [0.15, 0.2) is 0 Å². The summed E-state index contributed by atoms with van der Waals surface area (Å²) in [4.78, 5) is 38.1. The fraction of sp³-hybridized carbons (Fsp3) is 0.526. The summed E-state index contributed by atoms with van der Waals surface area (Å²) in [6.45, 7) is 4.48. The molecule has 0 radical (unpaired) electrons. The quantitative estimate of drug-likeness (QED) is 0.618. The second-order valence-electron chi connectivity index (χ2n) is 6.66. The van der Waals surface area contributed by atoms with Crippen molar-refractivity contribution in [1.29, 1.82) is 0 Å². The van der Waals surface area contributed by atoms with Crippen LogP contribution in [0.1, 0.15) is 37.0 Å². The van der Waals surface area contributed by atoms with E-state index in [1.165, 1.54) is 40.5 Å². The number of carbonyl (C=O) groups excluding carboxylic acids is 3. The molecule has 1 fully saturated rings. The van der Waals surface area contributed by atoms with E-state index in [0.29, 0.717) is 26.1 Å². The maximum atomic E-state index is 12.5. The lowest BCUT2D eigenvalue weighted by molar-refractivity contribution is -0.137. The molecule has 1 aliphatic heterocycles. The summed E-state index contributed by atoms with van der Waals surface area (Å²) >= 11 is 0. The fourth-order valence-electron chi connectivity index (χ4n) is 3.35. The minimum Gasteiger partial charge on any atom is -0.357 e. The van der Waals surface area contributed by atoms with E-state index in [1.54, 1.807) is 13.8 Å². The van der Waals surface area contributed by atoms with Crippen molar-refractivity contribution in [2.45, 2.75) is 37.6 Å². The zero-order valence-corrected chi connectivity index (χ0v) is 17.8. The minimum atomic E-state index is -3.59. The van der Waals surface area contributed by atoms with Crippen LogP contribution in [0.15, 0.2) is 29.2 Å². The smallest absolute Gasteiger partial charge is 0.251 e. The van der Waals surface area contributed by atoms with Crippen LogP contribution < -0.4 is 10.6 Å². The van der Waals surface area contributed by atoms with Gasteiger partial charge < -0.3 is 15.5 Å². The van der Waals surface area contributed by atoms with E-state index in [1.807, 2.05) is 0 Å². The largest absolute Gasteiger partial charge is 0.357 e. The molecule has 2 N–H and O–H groups in total. The Kier molecular flexibility index (Phi) is 7.74. The van der Waals surface area contributed by atoms with Crippen LogP contribution in [-0.2, 0) is 19.6 Å². The molecule has 0 aromatic heterocycles. The van der Waals surface area contributed by atoms with Gasteiger partial charge in [-0.05, 0) is 37.1 Å². The molecule has 1 aliphatic rings. The van der Waals surface area contributed by atoms with Crippen LogP contribution in [0.5, 0.6) is 0 Å². The second kappa shape index (κ2) is 9.84. The average Bonchev–Trinajstić information content (AvgIpc) is 3.22. The van der Waals surface area contributed by atoms with Crippen LogP contribution >= 0.6 is 0 Å². The molecule has 2 rings (SSSR count). The van der Waals surface area contributed by atoms with Crippen molar-refractivity contribution in [3.8, 4) is 0 Å². The van der Waals surface area contributed by atoms with Crippen molar-refractivity contribution in [3.63, 3.8) is 0 Å². The Labute approximate surface area is 171 Å². The summed E-state index contributed by atoms with van der Waals surface area (Å²) in [5, 5.41) is 5.08. The molecule has 1 atom stereocenters. The summed E-state index contributed by atoms with van der Waals surface area (Å²) in [5.74, 6) is -1.03. The highest BCUT2D eigenvalue weighted by atomic mass is 32.2. The Morgan fingerprint density at radius 3 is 2.31 bits per heavy atom. The van der Waals surface area contributed by atoms with Crippen LogP contribution in [0.4, 0.5) is 0 Å². The van der Waals surface area contributed by atoms with E-state index in [9.17, 15) is 22.8 Å². The van der Waals surface area contributed by atoms with Crippen molar-refractivity contribution in [1.82, 2.24) is 19.8 Å². The third-order valence-electron chi connectivity index (χ3n) is 4.98. The van der Waals surface area contributed by atoms with Gasteiger partial charge in [-0.1, -0.05) is 13.8 Å². The Morgan fingerprint density at radius 1 is 1.14 bits per heavy atom. The maximum absolute atomic E-state index is 12.5. The first kappa shape index (κ1) is 22.8. The molecule has 0 saturated carbocycles. The summed E-state index contributed by atoms with van der Waals surface area (Å²) in [6, 6.07) is 5.09. The lowest BCUT2D eigenvalue weighted by Crippen LogP contribution is -2.48. The van der Waals surface area contributed by atoms with E-state index < -0.39 is 22.0 Å². The lowest BCUT2D eigenvalue weighted by Gasteiger charge is -2.23. The highest BCUT2D eigenvalue weighted by molar-refractivity contribution is 7.89. The topological polar surface area (TPSA) is 116 Å². The Bertz CT molecular complexity index is 850. The highest BCUT2D eigenvalue weighted by Crippen LogP contribution is 2.18. The molecule has 1 saturated heterocycles. The van der Waals surface area contributed by atoms with Crippen LogP contribution in [0.2, 0.25) is 0 Å². The van der Waals surface area contributed by atoms with Gasteiger partial charge >= 0.3 is 0 Å². The zero-order valence-electron chi connectivity index (χ0n) is 17.0. The summed E-state index contributed by atoms with van der Waals surface area (Å²) in [5.41, 5.74) is 0.251. The summed E-state index contributed by atoms with van der Waals surface area (Å²) in [7, 11) is -2.07. The van der Waals surface area contributed by atoms with E-state index >= 15 is 0 Å². The van der Waals surface area contributed by atoms with Gasteiger partial charge in [0.25, 0.3) is 5.91 Å². The molecule has 1 heterocycles. The van der Waals surface area contributed by atoms with Crippen molar-refractivity contribution >= 4 is 27.7 Å². The molecular weight excluding hydrogens is 396 g/mol. The van der Waals surface area contributed by atoms with Crippen LogP contribution in [0.3, 0.4) is 0 Å². The Hall–Kier alpha value is -2.46. The molecule has 29 heavy (non-hydrogen) atoms. The molecule has 1 unspecified atom stereocenters. The number of hydrogen-bond acceptors (Lipinski definition) is 5. The summed E-state index contributed by atoms with van der Waals surface area (Å²) < 4.78 is 26.3. The number of rotatable bonds is 8. The molecule has 1 aromatic rings. The van der Waals surface area contributed by atoms with Gasteiger partial charge in [0, 0.05) is 32.2 Å². The van der Waals surface area contributed by atoms with E-state index in [2.05, 4.69) is 10.6 Å². The summed E-state index contributed by atoms with van der Waals surface area (Å²) in [6.07, 6.45) is 1.34. The molecule has 10 heteroatoms. The number of carbonyl (C=O) groups is 3. The number of benzene rings is 1. The van der Waals surface area contributed by atoms with Gasteiger partial charge in [-0.2, -0.15) is 4.31 Å². The van der Waals surface area contributed by atoms with Crippen molar-refractivity contribution < 1.29 is 22.8 Å². The molecule has 0 aliphatic carbocycles. The van der Waals surface area contributed by atoms with E-state index in [0.717, 1.165) is 6.42 Å². The number of amides is 3. The fourth-order valence-corrected chi connectivity index (χ4v) is 4.81. The molecule has 0 bridgehead atoms. The number of likely N-dealkylation sites (N-methyl/N-ethyl adjacent to an activating group) is 1. The van der Waals surface area contributed by atoms with Crippen LogP contribution in [0, 0.1) is 0 Å². The minimum absolute atomic E-state index is 0.110. The molecular formula is C19H28N4O5S. The van der Waals surface area contributed by atoms with Crippen LogP contribution in [0.25, 0.3) is 0 Å². The molecule has 9 nitrogen and oxygen atoms in total. The van der Waals surface area contributed by atoms with Crippen molar-refractivity contribution in [2.24, 2.45) is 0 Å². The third-order valence-corrected chi connectivity index (χ3v) is 7.05. The highest BCUT2D eigenvalue weighted by Gasteiger charge is 2.33. The second-order valence-corrected chi connectivity index (χ2v) is 8.59. The van der Waals surface area contributed by atoms with E-state index in [4.69, 9.17) is 0 Å². The maximum Gasteiger partial charge on any atom is 0.251 e. The zero-order chi connectivity index (χ0) is 21.6. The first-order chi connectivity index (χ1) is 13.8. The van der Waals surface area contributed by atoms with Gasteiger partial charge in [0.2, 0.25) is 21.8 Å². The number of nitrogens with one attached hydrogen (secondary N) is 2. The van der Waals surface area contributed by atoms with E-state index in [-0.39, 0.29) is 28.8 Å². The van der Waals surface area contributed by atoms with Gasteiger partial charge in [-0.25, -0.2) is 8.42 Å². The van der Waals surface area contributed by atoms with Crippen LogP contribution in [-0.4, -0.2) is 74.6 Å². The van der Waals surface area contributed by atoms with Gasteiger partial charge in [0.05, 0.1) is 11.4 Å². The normalized spacial score (nSPS) is 16.7. The molecule has 160 valence electrons. The lowest BCUT2D eigenvalue weighted by atomic mass is 10.2. The number of nitrogens with zero attached hydrogens (tertiary/aromatic N) is 2. The number of sulfonamides is 1. The SMILES string of the molecule is CCN(CC)S(=O)(=O)c1ccc(C(=O)NCC(=O)N2CCCC2C(=O)NC)cc1. The molecule has 3 amide bonds. The predicted octanol–water partition coefficient (Wildman–Crippen LogP) is 0.184.